The second-order valence-electron chi connectivity index (χ2n) is 5.31. The van der Waals surface area contributed by atoms with E-state index in [9.17, 15) is 24.5 Å². The number of alkyl carbamates (subject to hydrolysis) is 1. The number of ether oxygens (including phenoxy) is 1. The molecule has 1 saturated carbocycles. The molecule has 0 aromatic carbocycles. The summed E-state index contributed by atoms with van der Waals surface area (Å²) in [5, 5.41) is 11.3. The molecule has 0 heterocycles. The van der Waals surface area contributed by atoms with E-state index in [2.05, 4.69) is 10.2 Å². The first-order valence-corrected chi connectivity index (χ1v) is 10.5. The van der Waals surface area contributed by atoms with Gasteiger partial charge in [0.15, 0.2) is 0 Å². The molecule has 0 bridgehead atoms. The van der Waals surface area contributed by atoms with Crippen LogP contribution in [0.2, 0.25) is 0 Å². The lowest BCUT2D eigenvalue weighted by Gasteiger charge is -2.19. The van der Waals surface area contributed by atoms with Crippen LogP contribution in [0.5, 0.6) is 0 Å². The molecule has 0 spiro atoms. The van der Waals surface area contributed by atoms with Crippen molar-refractivity contribution in [2.75, 3.05) is 24.7 Å². The zero-order valence-corrected chi connectivity index (χ0v) is 15.6. The van der Waals surface area contributed by atoms with Crippen LogP contribution >= 0.6 is 21.6 Å². The summed E-state index contributed by atoms with van der Waals surface area (Å²) < 4.78 is 4.91. The molecular weight excluding hydrogens is 372 g/mol. The predicted octanol–water partition coefficient (Wildman–Crippen LogP) is 2.22. The second-order valence-corrected chi connectivity index (χ2v) is 8.01. The Morgan fingerprint density at radius 1 is 1.36 bits per heavy atom. The van der Waals surface area contributed by atoms with Crippen LogP contribution in [0.25, 0.3) is 0 Å². The fourth-order valence-electron chi connectivity index (χ4n) is 2.58. The van der Waals surface area contributed by atoms with Gasteiger partial charge in [-0.3, -0.25) is 14.9 Å². The van der Waals surface area contributed by atoms with E-state index < -0.39 is 23.0 Å². The highest BCUT2D eigenvalue weighted by Crippen LogP contribution is 2.30. The summed E-state index contributed by atoms with van der Waals surface area (Å²) >= 11 is 0. The predicted molar refractivity (Wildman–Crippen MR) is 93.5 cm³/mol. The van der Waals surface area contributed by atoms with Crippen molar-refractivity contribution in [1.29, 1.82) is 0 Å². The number of hydrogen-bond donors (Lipinski definition) is 1. The van der Waals surface area contributed by atoms with Gasteiger partial charge in [-0.1, -0.05) is 28.5 Å². The van der Waals surface area contributed by atoms with Gasteiger partial charge in [-0.25, -0.2) is 4.79 Å². The minimum atomic E-state index is -0.849. The first-order chi connectivity index (χ1) is 12.0. The zero-order valence-electron chi connectivity index (χ0n) is 13.9. The smallest absolute Gasteiger partial charge is 0.413 e. The summed E-state index contributed by atoms with van der Waals surface area (Å²) in [5.41, 5.74) is 0. The van der Waals surface area contributed by atoms with E-state index in [-0.39, 0.29) is 24.9 Å². The molecule has 0 aliphatic heterocycles. The quantitative estimate of drug-likeness (QED) is 0.243. The fraction of sp³-hybridized carbons (Fsp3) is 0.786. The molecule has 0 aromatic heterocycles. The van der Waals surface area contributed by atoms with Gasteiger partial charge in [-0.15, -0.1) is 10.1 Å². The van der Waals surface area contributed by atoms with Gasteiger partial charge < -0.3 is 9.57 Å². The van der Waals surface area contributed by atoms with Gasteiger partial charge in [0, 0.05) is 29.8 Å². The summed E-state index contributed by atoms with van der Waals surface area (Å²) in [6.45, 7) is 1.92. The van der Waals surface area contributed by atoms with E-state index in [0.717, 1.165) is 6.42 Å². The second kappa shape index (κ2) is 12.0. The van der Waals surface area contributed by atoms with Crippen molar-refractivity contribution in [3.8, 4) is 0 Å². The maximum absolute atomic E-state index is 12.1. The highest BCUT2D eigenvalue weighted by molar-refractivity contribution is 8.76. The van der Waals surface area contributed by atoms with E-state index in [1.54, 1.807) is 0 Å². The first kappa shape index (κ1) is 21.6. The number of hydrogen-bond acceptors (Lipinski definition) is 9. The third-order valence-corrected chi connectivity index (χ3v) is 6.02. The first-order valence-electron chi connectivity index (χ1n) is 7.97. The van der Waals surface area contributed by atoms with E-state index in [1.165, 1.54) is 21.6 Å². The molecule has 2 amide bonds. The average molecular weight is 394 g/mol. The molecule has 142 valence electrons. The number of ketones is 1. The number of imide groups is 1. The third kappa shape index (κ3) is 8.43. The molecule has 9 nitrogen and oxygen atoms in total. The lowest BCUT2D eigenvalue weighted by atomic mass is 9.87. The molecule has 1 fully saturated rings. The third-order valence-electron chi connectivity index (χ3n) is 3.69. The molecule has 25 heavy (non-hydrogen) atoms. The monoisotopic (exact) mass is 394 g/mol. The maximum atomic E-state index is 12.1. The maximum Gasteiger partial charge on any atom is 0.413 e. The minimum absolute atomic E-state index is 0.00119. The number of amides is 2. The van der Waals surface area contributed by atoms with Crippen molar-refractivity contribution in [3.63, 3.8) is 0 Å². The highest BCUT2D eigenvalue weighted by atomic mass is 33.1. The van der Waals surface area contributed by atoms with Gasteiger partial charge >= 0.3 is 6.09 Å². The van der Waals surface area contributed by atoms with Crippen molar-refractivity contribution in [1.82, 2.24) is 5.32 Å². The number of nitrogens with one attached hydrogen (secondary N) is 1. The Labute approximate surface area is 153 Å². The fourth-order valence-corrected chi connectivity index (χ4v) is 4.23. The van der Waals surface area contributed by atoms with Crippen molar-refractivity contribution in [2.45, 2.75) is 32.6 Å². The van der Waals surface area contributed by atoms with Crippen molar-refractivity contribution in [2.24, 2.45) is 11.8 Å². The summed E-state index contributed by atoms with van der Waals surface area (Å²) in [6.07, 6.45) is 1.65. The SMILES string of the molecule is CC[C@@H](C(=O)NC(=O)OCCSSCCO[N+](=O)[O-])C1CCCC1=O. The molecular formula is C14H22N2O7S2. The Hall–Kier alpha value is -1.49. The van der Waals surface area contributed by atoms with Crippen LogP contribution in [0.1, 0.15) is 32.6 Å². The molecule has 1 rings (SSSR count). The summed E-state index contributed by atoms with van der Waals surface area (Å²) in [5.74, 6) is -0.260. The van der Waals surface area contributed by atoms with Crippen LogP contribution in [0.3, 0.4) is 0 Å². The van der Waals surface area contributed by atoms with Crippen LogP contribution < -0.4 is 5.32 Å². The van der Waals surface area contributed by atoms with Crippen LogP contribution in [-0.4, -0.2) is 47.6 Å². The number of rotatable bonds is 11. The van der Waals surface area contributed by atoms with Gasteiger partial charge in [0.1, 0.15) is 19.0 Å². The number of carbonyl (C=O) groups excluding carboxylic acids is 3. The average Bonchev–Trinajstić information content (AvgIpc) is 2.96. The molecule has 0 aromatic rings. The van der Waals surface area contributed by atoms with E-state index in [4.69, 9.17) is 4.74 Å². The van der Waals surface area contributed by atoms with Gasteiger partial charge in [-0.2, -0.15) is 0 Å². The number of nitrogens with zero attached hydrogens (tertiary/aromatic N) is 1. The highest BCUT2D eigenvalue weighted by Gasteiger charge is 2.35. The summed E-state index contributed by atoms with van der Waals surface area (Å²) in [4.78, 5) is 49.6. The normalized spacial score (nSPS) is 17.8. The number of Topliss-reactive ketones (excluding diaryl/α,β-unsaturated/α-hetero) is 1. The topological polar surface area (TPSA) is 125 Å². The lowest BCUT2D eigenvalue weighted by molar-refractivity contribution is -0.756. The Morgan fingerprint density at radius 3 is 2.60 bits per heavy atom. The van der Waals surface area contributed by atoms with Crippen LogP contribution in [0, 0.1) is 22.0 Å². The Kier molecular flexibility index (Phi) is 10.3. The van der Waals surface area contributed by atoms with Gasteiger partial charge in [0.05, 0.1) is 0 Å². The largest absolute Gasteiger partial charge is 0.448 e. The molecule has 11 heteroatoms. The van der Waals surface area contributed by atoms with E-state index >= 15 is 0 Å². The molecule has 0 radical (unpaired) electrons. The van der Waals surface area contributed by atoms with Gasteiger partial charge in [-0.05, 0) is 19.3 Å². The van der Waals surface area contributed by atoms with Crippen LogP contribution in [0.4, 0.5) is 4.79 Å². The summed E-state index contributed by atoms with van der Waals surface area (Å²) in [7, 11) is 2.73. The molecule has 1 N–H and O–H groups in total. The van der Waals surface area contributed by atoms with Gasteiger partial charge in [0.2, 0.25) is 5.91 Å². The van der Waals surface area contributed by atoms with E-state index in [1.807, 2.05) is 6.92 Å². The molecule has 1 aliphatic rings. The van der Waals surface area contributed by atoms with Gasteiger partial charge in [0.25, 0.3) is 5.09 Å². The van der Waals surface area contributed by atoms with E-state index in [0.29, 0.717) is 30.8 Å². The van der Waals surface area contributed by atoms with Crippen molar-refractivity contribution in [3.05, 3.63) is 10.1 Å². The van der Waals surface area contributed by atoms with Crippen LogP contribution in [0.15, 0.2) is 0 Å². The Balaban J connectivity index is 2.15. The standard InChI is InChI=1S/C14H22N2O7S2/c1-2-10(11-4-3-5-12(11)17)13(18)15-14(19)22-6-8-24-25-9-7-23-16(20)21/h10-11H,2-9H2,1H3,(H,15,18,19)/t10-,11?/m1/s1. The lowest BCUT2D eigenvalue weighted by Crippen LogP contribution is -2.40. The molecule has 1 unspecified atom stereocenters. The zero-order chi connectivity index (χ0) is 18.7. The minimum Gasteiger partial charge on any atom is -0.448 e. The summed E-state index contributed by atoms with van der Waals surface area (Å²) in [6, 6.07) is 0. The van der Waals surface area contributed by atoms with Crippen LogP contribution in [-0.2, 0) is 19.2 Å². The molecule has 2 atom stereocenters. The van der Waals surface area contributed by atoms with Crippen molar-refractivity contribution >= 4 is 39.4 Å². The molecule has 0 saturated heterocycles. The Bertz CT molecular complexity index is 490. The van der Waals surface area contributed by atoms with Crippen molar-refractivity contribution < 1.29 is 29.0 Å². The Morgan fingerprint density at radius 2 is 2.04 bits per heavy atom. The molecule has 1 aliphatic carbocycles. The number of carbonyl (C=O) groups is 3.